The van der Waals surface area contributed by atoms with Crippen molar-refractivity contribution in [2.75, 3.05) is 0 Å². The van der Waals surface area contributed by atoms with Gasteiger partial charge in [0, 0.05) is 11.3 Å². The molecule has 94 valence electrons. The summed E-state index contributed by atoms with van der Waals surface area (Å²) >= 11 is 2.82. The molecule has 0 aliphatic carbocycles. The van der Waals surface area contributed by atoms with Crippen LogP contribution >= 0.6 is 23.3 Å². The molecule has 3 N–H and O–H groups in total. The van der Waals surface area contributed by atoms with E-state index in [1.54, 1.807) is 6.07 Å². The average molecular weight is 282 g/mol. The molecule has 0 spiro atoms. The van der Waals surface area contributed by atoms with Gasteiger partial charge in [-0.3, -0.25) is 5.41 Å². The lowest BCUT2D eigenvalue weighted by Crippen LogP contribution is -2.11. The van der Waals surface area contributed by atoms with Crippen LogP contribution in [0.5, 0.6) is 0 Å². The van der Waals surface area contributed by atoms with Crippen molar-refractivity contribution >= 4 is 29.1 Å². The normalized spacial score (nSPS) is 10.6. The number of benzene rings is 1. The predicted octanol–water partition coefficient (Wildman–Crippen LogP) is 2.56. The van der Waals surface area contributed by atoms with E-state index in [1.807, 2.05) is 6.92 Å². The van der Waals surface area contributed by atoms with Crippen LogP contribution in [0, 0.1) is 18.2 Å². The van der Waals surface area contributed by atoms with Gasteiger partial charge in [0.05, 0.1) is 0 Å². The van der Waals surface area contributed by atoms with Gasteiger partial charge >= 0.3 is 0 Å². The summed E-state index contributed by atoms with van der Waals surface area (Å²) in [6.45, 7) is 1.83. The third-order valence-corrected chi connectivity index (χ3v) is 4.14. The van der Waals surface area contributed by atoms with Crippen LogP contribution in [0.25, 0.3) is 0 Å². The fraction of sp³-hybridized carbons (Fsp3) is 0.182. The summed E-state index contributed by atoms with van der Waals surface area (Å²) in [7, 11) is 0. The second-order valence-electron chi connectivity index (χ2n) is 3.66. The van der Waals surface area contributed by atoms with Crippen LogP contribution in [0.1, 0.15) is 17.0 Å². The molecule has 0 aliphatic heterocycles. The molecule has 1 heterocycles. The van der Waals surface area contributed by atoms with Gasteiger partial charge in [0.2, 0.25) is 0 Å². The molecule has 0 radical (unpaired) electrons. The Morgan fingerprint density at radius 2 is 2.28 bits per heavy atom. The molecule has 7 heteroatoms. The monoisotopic (exact) mass is 282 g/mol. The van der Waals surface area contributed by atoms with E-state index in [-0.39, 0.29) is 11.7 Å². The summed E-state index contributed by atoms with van der Waals surface area (Å²) in [5, 5.41) is 7.31. The van der Waals surface area contributed by atoms with Gasteiger partial charge in [-0.1, -0.05) is 11.8 Å². The Kier molecular flexibility index (Phi) is 3.93. The van der Waals surface area contributed by atoms with Gasteiger partial charge in [0.1, 0.15) is 17.5 Å². The highest BCUT2D eigenvalue weighted by Crippen LogP contribution is 2.25. The summed E-state index contributed by atoms with van der Waals surface area (Å²) in [5.41, 5.74) is 6.53. The molecule has 0 bridgehead atoms. The minimum absolute atomic E-state index is 0.132. The van der Waals surface area contributed by atoms with Crippen molar-refractivity contribution in [2.45, 2.75) is 17.0 Å². The first-order valence-electron chi connectivity index (χ1n) is 5.11. The largest absolute Gasteiger partial charge is 0.384 e. The number of halogens is 1. The average Bonchev–Trinajstić information content (AvgIpc) is 2.72. The van der Waals surface area contributed by atoms with Crippen molar-refractivity contribution < 1.29 is 4.39 Å². The van der Waals surface area contributed by atoms with Crippen LogP contribution in [0.4, 0.5) is 4.39 Å². The highest BCUT2D eigenvalue weighted by atomic mass is 32.2. The standard InChI is InChI=1S/C11H11FN4S2/c1-6-15-11(18-16-6)17-5-7-2-8(10(13)14)4-9(12)3-7/h2-4H,5H2,1H3,(H3,13,14). The first kappa shape index (κ1) is 13.0. The van der Waals surface area contributed by atoms with Crippen molar-refractivity contribution in [1.82, 2.24) is 9.36 Å². The van der Waals surface area contributed by atoms with Gasteiger partial charge in [0.25, 0.3) is 0 Å². The number of nitrogens with zero attached hydrogens (tertiary/aromatic N) is 2. The third-order valence-electron chi connectivity index (χ3n) is 2.14. The molecule has 1 aromatic heterocycles. The van der Waals surface area contributed by atoms with Crippen molar-refractivity contribution in [3.8, 4) is 0 Å². The summed E-state index contributed by atoms with van der Waals surface area (Å²) in [5.74, 6) is 0.803. The van der Waals surface area contributed by atoms with Crippen molar-refractivity contribution in [3.63, 3.8) is 0 Å². The van der Waals surface area contributed by atoms with Crippen LogP contribution in [0.3, 0.4) is 0 Å². The fourth-order valence-electron chi connectivity index (χ4n) is 1.37. The number of aryl methyl sites for hydroxylation is 1. The van der Waals surface area contributed by atoms with Gasteiger partial charge < -0.3 is 5.73 Å². The fourth-order valence-corrected chi connectivity index (χ4v) is 2.95. The minimum Gasteiger partial charge on any atom is -0.384 e. The summed E-state index contributed by atoms with van der Waals surface area (Å²) in [6, 6.07) is 4.41. The van der Waals surface area contributed by atoms with Gasteiger partial charge in [0.15, 0.2) is 4.34 Å². The highest BCUT2D eigenvalue weighted by molar-refractivity contribution is 8.00. The zero-order chi connectivity index (χ0) is 13.1. The summed E-state index contributed by atoms with van der Waals surface area (Å²) in [6.07, 6.45) is 0. The number of hydrogen-bond donors (Lipinski definition) is 2. The predicted molar refractivity (Wildman–Crippen MR) is 71.6 cm³/mol. The van der Waals surface area contributed by atoms with Gasteiger partial charge in [-0.15, -0.1) is 0 Å². The van der Waals surface area contributed by atoms with Crippen LogP contribution in [0.15, 0.2) is 22.5 Å². The molecule has 0 aliphatic rings. The Labute approximate surface area is 112 Å². The van der Waals surface area contributed by atoms with Crippen LogP contribution in [-0.2, 0) is 5.75 Å². The molecule has 0 saturated carbocycles. The topological polar surface area (TPSA) is 75.7 Å². The molecule has 2 aromatic rings. The molecule has 18 heavy (non-hydrogen) atoms. The number of hydrogen-bond acceptors (Lipinski definition) is 5. The van der Waals surface area contributed by atoms with E-state index in [9.17, 15) is 4.39 Å². The number of amidine groups is 1. The number of rotatable bonds is 4. The highest BCUT2D eigenvalue weighted by Gasteiger charge is 2.06. The van der Waals surface area contributed by atoms with Crippen molar-refractivity contribution in [1.29, 1.82) is 5.41 Å². The molecule has 0 amide bonds. The third kappa shape index (κ3) is 3.27. The molecule has 0 saturated heterocycles. The Balaban J connectivity index is 2.11. The van der Waals surface area contributed by atoms with E-state index in [0.29, 0.717) is 11.3 Å². The Morgan fingerprint density at radius 3 is 2.89 bits per heavy atom. The maximum Gasteiger partial charge on any atom is 0.170 e. The van der Waals surface area contributed by atoms with Gasteiger partial charge in [-0.25, -0.2) is 9.37 Å². The SMILES string of the molecule is Cc1nsc(SCc2cc(F)cc(C(=N)N)c2)n1. The minimum atomic E-state index is -0.383. The number of thioether (sulfide) groups is 1. The molecular formula is C11H11FN4S2. The van der Waals surface area contributed by atoms with E-state index in [2.05, 4.69) is 9.36 Å². The van der Waals surface area contributed by atoms with E-state index in [0.717, 1.165) is 15.7 Å². The second-order valence-corrected chi connectivity index (χ2v) is 5.63. The van der Waals surface area contributed by atoms with Gasteiger partial charge in [-0.05, 0) is 42.2 Å². The lowest BCUT2D eigenvalue weighted by atomic mass is 10.1. The van der Waals surface area contributed by atoms with E-state index >= 15 is 0 Å². The molecular weight excluding hydrogens is 271 g/mol. The lowest BCUT2D eigenvalue weighted by Gasteiger charge is -2.03. The second kappa shape index (κ2) is 5.45. The first-order chi connectivity index (χ1) is 8.54. The molecule has 0 fully saturated rings. The van der Waals surface area contributed by atoms with Crippen LogP contribution in [-0.4, -0.2) is 15.2 Å². The number of aromatic nitrogens is 2. The van der Waals surface area contributed by atoms with Crippen LogP contribution < -0.4 is 5.73 Å². The number of nitrogens with one attached hydrogen (secondary N) is 1. The lowest BCUT2D eigenvalue weighted by molar-refractivity contribution is 0.626. The maximum atomic E-state index is 13.3. The quantitative estimate of drug-likeness (QED) is 0.513. The molecule has 0 unspecified atom stereocenters. The van der Waals surface area contributed by atoms with E-state index < -0.39 is 0 Å². The Bertz CT molecular complexity index is 582. The smallest absolute Gasteiger partial charge is 0.170 e. The Hall–Kier alpha value is -1.47. The Morgan fingerprint density at radius 1 is 1.50 bits per heavy atom. The first-order valence-corrected chi connectivity index (χ1v) is 6.87. The maximum absolute atomic E-state index is 13.3. The van der Waals surface area contributed by atoms with E-state index in [1.165, 1.54) is 35.4 Å². The van der Waals surface area contributed by atoms with Gasteiger partial charge in [-0.2, -0.15) is 4.37 Å². The van der Waals surface area contributed by atoms with Crippen molar-refractivity contribution in [2.24, 2.45) is 5.73 Å². The number of nitrogen functional groups attached to an aromatic ring is 1. The van der Waals surface area contributed by atoms with Crippen LogP contribution in [0.2, 0.25) is 0 Å². The van der Waals surface area contributed by atoms with Crippen molar-refractivity contribution in [3.05, 3.63) is 41.0 Å². The molecule has 2 rings (SSSR count). The zero-order valence-electron chi connectivity index (χ0n) is 9.61. The molecule has 4 nitrogen and oxygen atoms in total. The zero-order valence-corrected chi connectivity index (χ0v) is 11.2. The molecule has 0 atom stereocenters. The summed E-state index contributed by atoms with van der Waals surface area (Å²) < 4.78 is 18.3. The molecule has 1 aromatic carbocycles. The summed E-state index contributed by atoms with van der Waals surface area (Å²) in [4.78, 5) is 4.22. The van der Waals surface area contributed by atoms with E-state index in [4.69, 9.17) is 11.1 Å². The number of nitrogens with two attached hydrogens (primary N) is 1.